The molecule has 1 saturated heterocycles. The van der Waals surface area contributed by atoms with E-state index in [1.165, 1.54) is 17.8 Å². The van der Waals surface area contributed by atoms with E-state index in [4.69, 9.17) is 0 Å². The maximum Gasteiger partial charge on any atom is 0.249 e. The van der Waals surface area contributed by atoms with Crippen molar-refractivity contribution in [2.24, 2.45) is 4.99 Å². The number of carbonyl (C=O) groups is 2. The van der Waals surface area contributed by atoms with Gasteiger partial charge in [-0.3, -0.25) is 19.5 Å². The van der Waals surface area contributed by atoms with Gasteiger partial charge in [0.1, 0.15) is 18.1 Å². The first-order chi connectivity index (χ1) is 13.1. The average molecular weight is 382 g/mol. The number of fused-ring (bicyclic) bond motifs is 1. The summed E-state index contributed by atoms with van der Waals surface area (Å²) in [7, 11) is 0. The molecular weight excluding hydrogens is 358 g/mol. The molecule has 0 spiro atoms. The Bertz CT molecular complexity index is 896. The third-order valence-corrected chi connectivity index (χ3v) is 6.05. The van der Waals surface area contributed by atoms with E-state index in [9.17, 15) is 9.59 Å². The Balaban J connectivity index is 1.64. The number of rotatable bonds is 3. The summed E-state index contributed by atoms with van der Waals surface area (Å²) in [6, 6.07) is 10.2. The van der Waals surface area contributed by atoms with Gasteiger partial charge in [-0.05, 0) is 43.7 Å². The van der Waals surface area contributed by atoms with Crippen molar-refractivity contribution in [3.8, 4) is 0 Å². The van der Waals surface area contributed by atoms with Gasteiger partial charge < -0.3 is 4.90 Å². The number of aliphatic imine (C=N–C) groups is 1. The molecule has 27 heavy (non-hydrogen) atoms. The van der Waals surface area contributed by atoms with Gasteiger partial charge in [0.15, 0.2) is 0 Å². The van der Waals surface area contributed by atoms with Crippen LogP contribution in [0.5, 0.6) is 0 Å². The van der Waals surface area contributed by atoms with E-state index in [0.717, 1.165) is 53.3 Å². The monoisotopic (exact) mass is 381 g/mol. The highest BCUT2D eigenvalue weighted by Gasteiger charge is 2.29. The third kappa shape index (κ3) is 3.67. The topological polar surface area (TPSA) is 53.0 Å². The summed E-state index contributed by atoms with van der Waals surface area (Å²) in [5, 5.41) is 2.79. The molecule has 0 saturated carbocycles. The van der Waals surface area contributed by atoms with Crippen LogP contribution in [0.1, 0.15) is 36.0 Å². The van der Waals surface area contributed by atoms with Gasteiger partial charge in [0.05, 0.1) is 5.71 Å². The van der Waals surface area contributed by atoms with Crippen molar-refractivity contribution in [1.82, 2.24) is 4.90 Å². The number of hydrogen-bond donors (Lipinski definition) is 0. The first-order valence-corrected chi connectivity index (χ1v) is 10.3. The van der Waals surface area contributed by atoms with E-state index in [1.807, 2.05) is 41.5 Å². The van der Waals surface area contributed by atoms with Crippen molar-refractivity contribution >= 4 is 33.9 Å². The zero-order valence-electron chi connectivity index (χ0n) is 15.5. The van der Waals surface area contributed by atoms with E-state index in [-0.39, 0.29) is 24.9 Å². The average Bonchev–Trinajstić information content (AvgIpc) is 3.11. The second-order valence-corrected chi connectivity index (χ2v) is 7.99. The predicted molar refractivity (Wildman–Crippen MR) is 109 cm³/mol. The first kappa shape index (κ1) is 17.9. The van der Waals surface area contributed by atoms with Crippen molar-refractivity contribution in [2.45, 2.75) is 26.2 Å². The molecule has 0 unspecified atom stereocenters. The number of carbonyl (C=O) groups excluding carboxylic acids is 2. The Kier molecular flexibility index (Phi) is 5.07. The number of anilines is 1. The van der Waals surface area contributed by atoms with Crippen LogP contribution in [0.15, 0.2) is 40.7 Å². The highest BCUT2D eigenvalue weighted by atomic mass is 32.1. The van der Waals surface area contributed by atoms with Crippen molar-refractivity contribution in [3.05, 3.63) is 52.4 Å². The molecule has 2 aromatic rings. The smallest absolute Gasteiger partial charge is 0.249 e. The minimum atomic E-state index is -0.119. The molecule has 0 N–H and O–H groups in total. The highest BCUT2D eigenvalue weighted by molar-refractivity contribution is 7.15. The number of likely N-dealkylation sites (tertiary alicyclic amines) is 1. The fourth-order valence-corrected chi connectivity index (χ4v) is 4.62. The molecule has 6 heteroatoms. The second kappa shape index (κ2) is 7.64. The van der Waals surface area contributed by atoms with Crippen molar-refractivity contribution in [1.29, 1.82) is 0 Å². The Morgan fingerprint density at radius 1 is 1.19 bits per heavy atom. The van der Waals surface area contributed by atoms with Gasteiger partial charge in [0, 0.05) is 24.2 Å². The summed E-state index contributed by atoms with van der Waals surface area (Å²) in [4.78, 5) is 33.7. The van der Waals surface area contributed by atoms with Gasteiger partial charge in [-0.15, -0.1) is 11.3 Å². The van der Waals surface area contributed by atoms with E-state index in [0.29, 0.717) is 0 Å². The summed E-state index contributed by atoms with van der Waals surface area (Å²) in [6.07, 6.45) is 3.27. The van der Waals surface area contributed by atoms with Crippen LogP contribution in [0.4, 0.5) is 5.00 Å². The fraction of sp³-hybridized carbons (Fsp3) is 0.381. The Morgan fingerprint density at radius 3 is 2.78 bits per heavy atom. The molecule has 1 aromatic carbocycles. The lowest BCUT2D eigenvalue weighted by molar-refractivity contribution is -0.132. The number of amides is 2. The molecule has 5 nitrogen and oxygen atoms in total. The summed E-state index contributed by atoms with van der Waals surface area (Å²) < 4.78 is 0. The maximum atomic E-state index is 12.8. The maximum absolute atomic E-state index is 12.8. The lowest BCUT2D eigenvalue weighted by Gasteiger charge is -2.29. The molecule has 2 aliphatic heterocycles. The molecule has 1 fully saturated rings. The van der Waals surface area contributed by atoms with Crippen molar-refractivity contribution < 1.29 is 9.59 Å². The Hall–Kier alpha value is -2.47. The molecule has 2 amide bonds. The summed E-state index contributed by atoms with van der Waals surface area (Å²) in [6.45, 7) is 3.80. The number of nitrogens with zero attached hydrogens (tertiary/aromatic N) is 3. The van der Waals surface area contributed by atoms with E-state index in [2.05, 4.69) is 11.1 Å². The number of hydrogen-bond acceptors (Lipinski definition) is 4. The van der Waals surface area contributed by atoms with Crippen LogP contribution in [0, 0.1) is 6.92 Å². The Labute approximate surface area is 163 Å². The molecule has 0 radical (unpaired) electrons. The third-order valence-electron chi connectivity index (χ3n) is 5.11. The zero-order valence-corrected chi connectivity index (χ0v) is 16.3. The Morgan fingerprint density at radius 2 is 2.00 bits per heavy atom. The van der Waals surface area contributed by atoms with E-state index in [1.54, 1.807) is 4.90 Å². The molecule has 0 bridgehead atoms. The largest absolute Gasteiger partial charge is 0.341 e. The summed E-state index contributed by atoms with van der Waals surface area (Å²) >= 11 is 1.50. The molecule has 2 aliphatic rings. The molecule has 4 rings (SSSR count). The minimum absolute atomic E-state index is 0.0291. The van der Waals surface area contributed by atoms with Crippen LogP contribution in [0.25, 0.3) is 0 Å². The molecule has 140 valence electrons. The van der Waals surface area contributed by atoms with Crippen LogP contribution < -0.4 is 4.90 Å². The number of benzene rings is 1. The van der Waals surface area contributed by atoms with Crippen LogP contribution in [-0.2, 0) is 9.59 Å². The van der Waals surface area contributed by atoms with Gasteiger partial charge >= 0.3 is 0 Å². The molecule has 0 aliphatic carbocycles. The van der Waals surface area contributed by atoms with Gasteiger partial charge in [-0.2, -0.15) is 0 Å². The number of aryl methyl sites for hydroxylation is 1. The van der Waals surface area contributed by atoms with Crippen molar-refractivity contribution in [2.75, 3.05) is 31.1 Å². The van der Waals surface area contributed by atoms with Gasteiger partial charge in [-0.25, -0.2) is 0 Å². The van der Waals surface area contributed by atoms with Crippen LogP contribution in [0.3, 0.4) is 0 Å². The van der Waals surface area contributed by atoms with Gasteiger partial charge in [0.2, 0.25) is 11.8 Å². The lowest BCUT2D eigenvalue weighted by Crippen LogP contribution is -2.45. The summed E-state index contributed by atoms with van der Waals surface area (Å²) in [5.41, 5.74) is 3.92. The van der Waals surface area contributed by atoms with Gasteiger partial charge in [0.25, 0.3) is 0 Å². The van der Waals surface area contributed by atoms with E-state index < -0.39 is 0 Å². The highest BCUT2D eigenvalue weighted by Crippen LogP contribution is 2.32. The van der Waals surface area contributed by atoms with Crippen molar-refractivity contribution in [3.63, 3.8) is 0 Å². The number of piperidine rings is 1. The lowest BCUT2D eigenvalue weighted by atomic mass is 10.0. The normalized spacial score (nSPS) is 17.4. The van der Waals surface area contributed by atoms with Crippen LogP contribution >= 0.6 is 11.3 Å². The second-order valence-electron chi connectivity index (χ2n) is 7.10. The van der Waals surface area contributed by atoms with Crippen LogP contribution in [0.2, 0.25) is 0 Å². The SMILES string of the molecule is Cc1cccc(C2=NCC(=O)N(CC(=O)N3CCCCC3)c3sccc32)c1. The predicted octanol–water partition coefficient (Wildman–Crippen LogP) is 3.25. The van der Waals surface area contributed by atoms with Crippen LogP contribution in [-0.4, -0.2) is 48.6 Å². The molecule has 3 heterocycles. The quantitative estimate of drug-likeness (QED) is 0.819. The van der Waals surface area contributed by atoms with Gasteiger partial charge in [-0.1, -0.05) is 23.8 Å². The summed E-state index contributed by atoms with van der Waals surface area (Å²) in [5.74, 6) is -0.0897. The zero-order chi connectivity index (χ0) is 18.8. The standard InChI is InChI=1S/C21H23N3O2S/c1-15-6-5-7-16(12-15)20-17-8-11-27-21(17)24(18(25)13-22-20)14-19(26)23-9-3-2-4-10-23/h5-8,11-12H,2-4,9-10,13-14H2,1H3. The van der Waals surface area contributed by atoms with E-state index >= 15 is 0 Å². The molecule has 1 aromatic heterocycles. The fourth-order valence-electron chi connectivity index (χ4n) is 3.70. The molecular formula is C21H23N3O2S. The molecule has 0 atom stereocenters. The minimum Gasteiger partial charge on any atom is -0.341 e. The first-order valence-electron chi connectivity index (χ1n) is 9.41. The number of thiophene rings is 1.